The van der Waals surface area contributed by atoms with Gasteiger partial charge in [0.2, 0.25) is 10.0 Å². The molecule has 16 heavy (non-hydrogen) atoms. The fourth-order valence-corrected chi connectivity index (χ4v) is 1.95. The molecule has 0 saturated heterocycles. The van der Waals surface area contributed by atoms with Crippen LogP contribution in [-0.4, -0.2) is 34.6 Å². The number of carbonyl (C=O) groups is 1. The lowest BCUT2D eigenvalue weighted by Crippen LogP contribution is -2.37. The van der Waals surface area contributed by atoms with Crippen LogP contribution < -0.4 is 4.72 Å². The fraction of sp³-hybridized carbons (Fsp3) is 0.625. The smallest absolute Gasteiger partial charge is 0.266 e. The number of nitrogens with zero attached hydrogens (tertiary/aromatic N) is 3. The Hall–Kier alpha value is -1.44. The molecule has 0 aliphatic heterocycles. The van der Waals surface area contributed by atoms with Gasteiger partial charge in [-0.2, -0.15) is 9.90 Å². The summed E-state index contributed by atoms with van der Waals surface area (Å²) < 4.78 is 25.1. The van der Waals surface area contributed by atoms with Gasteiger partial charge in [-0.25, -0.2) is 13.1 Å². The molecule has 1 amide bonds. The summed E-state index contributed by atoms with van der Waals surface area (Å²) in [6.07, 6.45) is 1.64. The van der Waals surface area contributed by atoms with Gasteiger partial charge in [-0.15, -0.1) is 5.10 Å². The van der Waals surface area contributed by atoms with Crippen LogP contribution in [0, 0.1) is 0 Å². The van der Waals surface area contributed by atoms with Crippen LogP contribution in [0.2, 0.25) is 0 Å². The highest BCUT2D eigenvalue weighted by Gasteiger charge is 2.23. The summed E-state index contributed by atoms with van der Waals surface area (Å²) >= 11 is 0. The van der Waals surface area contributed by atoms with Gasteiger partial charge in [0.15, 0.2) is 5.69 Å². The number of hydrogen-bond acceptors (Lipinski definition) is 5. The van der Waals surface area contributed by atoms with Crippen LogP contribution in [0.15, 0.2) is 6.20 Å². The maximum absolute atomic E-state index is 11.6. The zero-order valence-corrected chi connectivity index (χ0v) is 10.2. The standard InChI is InChI=1S/C8H14N4O3S/c1-4-6(2)16(14,15)11-8(13)7-5-9-12(3)10-7/h5-6H,4H2,1-3H3,(H,11,13). The minimum atomic E-state index is -3.63. The average Bonchev–Trinajstić information content (AvgIpc) is 2.63. The molecule has 8 heteroatoms. The van der Waals surface area contributed by atoms with Crippen molar-refractivity contribution in [2.24, 2.45) is 7.05 Å². The molecular formula is C8H14N4O3S. The molecule has 0 bridgehead atoms. The predicted octanol–water partition coefficient (Wildman–Crippen LogP) is -0.327. The van der Waals surface area contributed by atoms with Gasteiger partial charge in [0.05, 0.1) is 11.4 Å². The van der Waals surface area contributed by atoms with Gasteiger partial charge in [-0.05, 0) is 13.3 Å². The van der Waals surface area contributed by atoms with Gasteiger partial charge in [0.1, 0.15) is 0 Å². The minimum Gasteiger partial charge on any atom is -0.266 e. The van der Waals surface area contributed by atoms with Crippen LogP contribution in [0.1, 0.15) is 30.8 Å². The maximum Gasteiger partial charge on any atom is 0.286 e. The van der Waals surface area contributed by atoms with E-state index in [0.717, 1.165) is 0 Å². The third-order valence-corrected chi connectivity index (χ3v) is 4.03. The Morgan fingerprint density at radius 1 is 1.62 bits per heavy atom. The Labute approximate surface area is 93.9 Å². The number of carbonyl (C=O) groups excluding carboxylic acids is 1. The van der Waals surface area contributed by atoms with Crippen LogP contribution in [0.4, 0.5) is 0 Å². The molecule has 1 heterocycles. The van der Waals surface area contributed by atoms with E-state index in [0.29, 0.717) is 6.42 Å². The summed E-state index contributed by atoms with van der Waals surface area (Å²) in [5, 5.41) is 6.77. The van der Waals surface area contributed by atoms with Crippen molar-refractivity contribution in [1.82, 2.24) is 19.7 Å². The van der Waals surface area contributed by atoms with Crippen molar-refractivity contribution in [3.05, 3.63) is 11.9 Å². The monoisotopic (exact) mass is 246 g/mol. The molecule has 0 saturated carbocycles. The first-order valence-electron chi connectivity index (χ1n) is 4.79. The summed E-state index contributed by atoms with van der Waals surface area (Å²) in [5.74, 6) is -0.756. The molecule has 0 aromatic carbocycles. The van der Waals surface area contributed by atoms with Gasteiger partial charge in [0.25, 0.3) is 5.91 Å². The predicted molar refractivity (Wildman–Crippen MR) is 57.1 cm³/mol. The Kier molecular flexibility index (Phi) is 3.63. The molecule has 1 rings (SSSR count). The first kappa shape index (κ1) is 12.6. The lowest BCUT2D eigenvalue weighted by atomic mass is 10.4. The normalized spacial score (nSPS) is 13.4. The SMILES string of the molecule is CCC(C)S(=O)(=O)NC(=O)c1cnn(C)n1. The summed E-state index contributed by atoms with van der Waals surface area (Å²) in [7, 11) is -2.08. The third-order valence-electron chi connectivity index (χ3n) is 2.17. The Morgan fingerprint density at radius 3 is 2.69 bits per heavy atom. The average molecular weight is 246 g/mol. The van der Waals surface area contributed by atoms with E-state index in [9.17, 15) is 13.2 Å². The summed E-state index contributed by atoms with van der Waals surface area (Å²) in [5.41, 5.74) is -0.0191. The van der Waals surface area contributed by atoms with Gasteiger partial charge < -0.3 is 0 Å². The summed E-state index contributed by atoms with van der Waals surface area (Å²) in [6.45, 7) is 3.27. The highest BCUT2D eigenvalue weighted by Crippen LogP contribution is 2.03. The second-order valence-corrected chi connectivity index (χ2v) is 5.51. The Morgan fingerprint density at radius 2 is 2.25 bits per heavy atom. The molecule has 1 atom stereocenters. The van der Waals surface area contributed by atoms with Crippen LogP contribution in [0.5, 0.6) is 0 Å². The number of aryl methyl sites for hydroxylation is 1. The molecule has 0 fully saturated rings. The lowest BCUT2D eigenvalue weighted by Gasteiger charge is -2.10. The second kappa shape index (κ2) is 4.60. The fourth-order valence-electron chi connectivity index (χ4n) is 0.951. The van der Waals surface area contributed by atoms with Crippen molar-refractivity contribution < 1.29 is 13.2 Å². The molecule has 90 valence electrons. The molecule has 0 radical (unpaired) electrons. The van der Waals surface area contributed by atoms with E-state index in [-0.39, 0.29) is 5.69 Å². The Balaban J connectivity index is 2.79. The van der Waals surface area contributed by atoms with Gasteiger partial charge in [-0.1, -0.05) is 6.92 Å². The summed E-state index contributed by atoms with van der Waals surface area (Å²) in [4.78, 5) is 12.7. The van der Waals surface area contributed by atoms with E-state index in [2.05, 4.69) is 10.2 Å². The molecule has 7 nitrogen and oxygen atoms in total. The molecule has 0 spiro atoms. The van der Waals surface area contributed by atoms with Crippen molar-refractivity contribution in [3.63, 3.8) is 0 Å². The van der Waals surface area contributed by atoms with Crippen molar-refractivity contribution in [1.29, 1.82) is 0 Å². The molecule has 1 aromatic rings. The number of amides is 1. The molecule has 0 aliphatic carbocycles. The minimum absolute atomic E-state index is 0.0191. The first-order valence-corrected chi connectivity index (χ1v) is 6.33. The summed E-state index contributed by atoms with van der Waals surface area (Å²) in [6, 6.07) is 0. The van der Waals surface area contributed by atoms with Crippen molar-refractivity contribution in [3.8, 4) is 0 Å². The molecule has 0 aliphatic rings. The number of nitrogens with one attached hydrogen (secondary N) is 1. The van der Waals surface area contributed by atoms with Gasteiger partial charge in [0, 0.05) is 7.05 Å². The van der Waals surface area contributed by atoms with E-state index < -0.39 is 21.2 Å². The lowest BCUT2D eigenvalue weighted by molar-refractivity contribution is 0.0975. The highest BCUT2D eigenvalue weighted by atomic mass is 32.2. The number of rotatable bonds is 4. The van der Waals surface area contributed by atoms with Crippen molar-refractivity contribution in [2.75, 3.05) is 0 Å². The molecule has 1 aromatic heterocycles. The second-order valence-electron chi connectivity index (χ2n) is 3.41. The highest BCUT2D eigenvalue weighted by molar-refractivity contribution is 7.90. The van der Waals surface area contributed by atoms with Gasteiger partial charge in [-0.3, -0.25) is 4.79 Å². The topological polar surface area (TPSA) is 94.0 Å². The van der Waals surface area contributed by atoms with Crippen LogP contribution >= 0.6 is 0 Å². The number of hydrogen-bond donors (Lipinski definition) is 1. The van der Waals surface area contributed by atoms with E-state index in [1.54, 1.807) is 14.0 Å². The zero-order chi connectivity index (χ0) is 12.3. The van der Waals surface area contributed by atoms with E-state index in [4.69, 9.17) is 0 Å². The Bertz CT molecular complexity index is 479. The van der Waals surface area contributed by atoms with Crippen molar-refractivity contribution >= 4 is 15.9 Å². The molecular weight excluding hydrogens is 232 g/mol. The quantitative estimate of drug-likeness (QED) is 0.785. The van der Waals surface area contributed by atoms with Crippen LogP contribution in [-0.2, 0) is 17.1 Å². The number of sulfonamides is 1. The maximum atomic E-state index is 11.6. The number of aromatic nitrogens is 3. The van der Waals surface area contributed by atoms with Crippen LogP contribution in [0.3, 0.4) is 0 Å². The zero-order valence-electron chi connectivity index (χ0n) is 9.34. The molecule has 1 N–H and O–H groups in total. The van der Waals surface area contributed by atoms with E-state index in [1.807, 2.05) is 4.72 Å². The molecule has 1 unspecified atom stereocenters. The first-order chi connectivity index (χ1) is 7.36. The van der Waals surface area contributed by atoms with Crippen LogP contribution in [0.25, 0.3) is 0 Å². The van der Waals surface area contributed by atoms with Gasteiger partial charge >= 0.3 is 0 Å². The largest absolute Gasteiger partial charge is 0.286 e. The van der Waals surface area contributed by atoms with E-state index in [1.165, 1.54) is 17.9 Å². The van der Waals surface area contributed by atoms with Crippen molar-refractivity contribution in [2.45, 2.75) is 25.5 Å². The third kappa shape index (κ3) is 2.78. The van der Waals surface area contributed by atoms with E-state index >= 15 is 0 Å².